The lowest BCUT2D eigenvalue weighted by atomic mass is 9.94. The van der Waals surface area contributed by atoms with Gasteiger partial charge in [0.05, 0.1) is 6.04 Å². The Balaban J connectivity index is 1.79. The Hall–Kier alpha value is -3.43. The summed E-state index contributed by atoms with van der Waals surface area (Å²) in [4.78, 5) is 65.0. The molecule has 1 aromatic carbocycles. The minimum atomic E-state index is -1.10. The van der Waals surface area contributed by atoms with Gasteiger partial charge in [-0.15, -0.1) is 0 Å². The average Bonchev–Trinajstić information content (AvgIpc) is 3.53. The fraction of sp³-hybridized carbons (Fsp3) is 0.593. The van der Waals surface area contributed by atoms with Gasteiger partial charge < -0.3 is 26.6 Å². The van der Waals surface area contributed by atoms with E-state index in [1.807, 2.05) is 45.0 Å². The Bertz CT molecular complexity index is 1000. The van der Waals surface area contributed by atoms with Gasteiger partial charge in [-0.3, -0.25) is 19.2 Å². The van der Waals surface area contributed by atoms with Gasteiger partial charge in [-0.05, 0) is 62.5 Å². The van der Waals surface area contributed by atoms with E-state index < -0.39 is 41.8 Å². The number of amides is 5. The van der Waals surface area contributed by atoms with E-state index in [9.17, 15) is 24.0 Å². The summed E-state index contributed by atoms with van der Waals surface area (Å²) in [7, 11) is 0. The third-order valence-electron chi connectivity index (χ3n) is 7.39. The van der Waals surface area contributed by atoms with Crippen LogP contribution in [-0.2, 0) is 32.0 Å². The first kappa shape index (κ1) is 28.1. The Morgan fingerprint density at radius 2 is 1.68 bits per heavy atom. The second-order valence-electron chi connectivity index (χ2n) is 10.1. The molecule has 2 aliphatic rings. The first-order valence-electron chi connectivity index (χ1n) is 13.2. The number of nitrogens with one attached hydrogen (secondary N) is 3. The van der Waals surface area contributed by atoms with E-state index in [1.54, 1.807) is 0 Å². The van der Waals surface area contributed by atoms with E-state index in [2.05, 4.69) is 16.0 Å². The molecule has 2 unspecified atom stereocenters. The van der Waals surface area contributed by atoms with Crippen molar-refractivity contribution in [1.82, 2.24) is 20.9 Å². The second kappa shape index (κ2) is 12.7. The molecule has 10 nitrogen and oxygen atoms in total. The van der Waals surface area contributed by atoms with Crippen LogP contribution in [0.25, 0.3) is 0 Å². The predicted octanol–water partition coefficient (Wildman–Crippen LogP) is 1.20. The summed E-state index contributed by atoms with van der Waals surface area (Å²) in [6, 6.07) is 4.88. The Morgan fingerprint density at radius 1 is 1.03 bits per heavy atom. The van der Waals surface area contributed by atoms with Gasteiger partial charge in [-0.1, -0.05) is 44.5 Å². The van der Waals surface area contributed by atoms with E-state index in [0.717, 1.165) is 17.5 Å². The fourth-order valence-electron chi connectivity index (χ4n) is 5.20. The van der Waals surface area contributed by atoms with Crippen molar-refractivity contribution in [2.75, 3.05) is 6.54 Å². The van der Waals surface area contributed by atoms with Gasteiger partial charge in [-0.25, -0.2) is 4.79 Å². The topological polar surface area (TPSA) is 151 Å². The van der Waals surface area contributed by atoms with Gasteiger partial charge in [0.1, 0.15) is 12.1 Å². The summed E-state index contributed by atoms with van der Waals surface area (Å²) < 4.78 is 0. The zero-order chi connectivity index (χ0) is 27.1. The van der Waals surface area contributed by atoms with E-state index in [1.165, 1.54) is 4.90 Å². The summed E-state index contributed by atoms with van der Waals surface area (Å²) in [5.74, 6) is -2.91. The van der Waals surface area contributed by atoms with Gasteiger partial charge in [0.2, 0.25) is 17.6 Å². The molecule has 1 aliphatic carbocycles. The molecule has 10 heteroatoms. The maximum absolute atomic E-state index is 13.9. The number of hydrogen-bond donors (Lipinski definition) is 4. The third kappa shape index (κ3) is 6.87. The van der Waals surface area contributed by atoms with Crippen LogP contribution in [0.4, 0.5) is 4.79 Å². The van der Waals surface area contributed by atoms with Gasteiger partial charge >= 0.3 is 6.03 Å². The molecule has 1 aromatic rings. The molecule has 3 rings (SSSR count). The van der Waals surface area contributed by atoms with E-state index >= 15 is 0 Å². The molecule has 0 aromatic heterocycles. The minimum Gasteiger partial charge on any atom is -0.363 e. The number of ketones is 1. The summed E-state index contributed by atoms with van der Waals surface area (Å²) >= 11 is 0. The van der Waals surface area contributed by atoms with Crippen LogP contribution < -0.4 is 21.7 Å². The van der Waals surface area contributed by atoms with Crippen LogP contribution in [0, 0.1) is 5.92 Å². The number of primary amides is 1. The van der Waals surface area contributed by atoms with Crippen LogP contribution in [0.2, 0.25) is 0 Å². The number of carbonyl (C=O) groups excluding carboxylic acids is 5. The van der Waals surface area contributed by atoms with Crippen LogP contribution in [0.15, 0.2) is 24.3 Å². The molecule has 0 spiro atoms. The number of fused-ring (bicyclic) bond motifs is 1. The molecular weight excluding hydrogens is 474 g/mol. The maximum Gasteiger partial charge on any atom is 0.315 e. The Kier molecular flexibility index (Phi) is 9.66. The van der Waals surface area contributed by atoms with Crippen molar-refractivity contribution in [3.05, 3.63) is 35.4 Å². The van der Waals surface area contributed by atoms with Gasteiger partial charge in [0.15, 0.2) is 0 Å². The number of benzene rings is 1. The number of carbonyl (C=O) groups is 5. The molecule has 0 radical (unpaired) electrons. The standard InChI is InChI=1S/C27H39N5O5/c1-4-9-20(23(33)24(28)34)30-25(35)21-12-8-13-32(21)26(36)22(31-27(37)29-16(3)5-2)19-14-17-10-6-7-11-18(17)15-19/h6-7,10-11,16,19-22H,4-5,8-9,12-15H2,1-3H3,(H2,28,34)(H,30,35)(H2,29,31,37)/t16?,20?,21-,22-/m0/s1. The van der Waals surface area contributed by atoms with Crippen molar-refractivity contribution in [3.8, 4) is 0 Å². The molecule has 4 atom stereocenters. The van der Waals surface area contributed by atoms with Crippen molar-refractivity contribution in [3.63, 3.8) is 0 Å². The fourth-order valence-corrected chi connectivity index (χ4v) is 5.20. The normalized spacial score (nSPS) is 19.4. The summed E-state index contributed by atoms with van der Waals surface area (Å²) in [5.41, 5.74) is 7.46. The van der Waals surface area contributed by atoms with Crippen molar-refractivity contribution < 1.29 is 24.0 Å². The first-order chi connectivity index (χ1) is 17.7. The molecule has 202 valence electrons. The van der Waals surface area contributed by atoms with Crippen molar-refractivity contribution >= 4 is 29.5 Å². The highest BCUT2D eigenvalue weighted by molar-refractivity contribution is 6.37. The van der Waals surface area contributed by atoms with Crippen molar-refractivity contribution in [2.45, 2.75) is 89.9 Å². The van der Waals surface area contributed by atoms with Crippen LogP contribution in [0.3, 0.4) is 0 Å². The number of likely N-dealkylation sites (tertiary alicyclic amines) is 1. The summed E-state index contributed by atoms with van der Waals surface area (Å²) in [6.45, 7) is 6.05. The largest absolute Gasteiger partial charge is 0.363 e. The monoisotopic (exact) mass is 513 g/mol. The summed E-state index contributed by atoms with van der Waals surface area (Å²) in [6.07, 6.45) is 3.92. The molecule has 1 saturated heterocycles. The second-order valence-corrected chi connectivity index (χ2v) is 10.1. The Labute approximate surface area is 218 Å². The van der Waals surface area contributed by atoms with Gasteiger partial charge in [0, 0.05) is 12.6 Å². The van der Waals surface area contributed by atoms with E-state index in [4.69, 9.17) is 5.73 Å². The molecule has 1 fully saturated rings. The Morgan fingerprint density at radius 3 is 2.24 bits per heavy atom. The van der Waals surface area contributed by atoms with Gasteiger partial charge in [-0.2, -0.15) is 0 Å². The molecule has 1 aliphatic heterocycles. The number of rotatable bonds is 11. The average molecular weight is 514 g/mol. The minimum absolute atomic E-state index is 0.0554. The molecule has 1 heterocycles. The summed E-state index contributed by atoms with van der Waals surface area (Å²) in [5, 5.41) is 8.41. The van der Waals surface area contributed by atoms with Crippen LogP contribution in [0.5, 0.6) is 0 Å². The first-order valence-corrected chi connectivity index (χ1v) is 13.2. The number of nitrogens with zero attached hydrogens (tertiary/aromatic N) is 1. The van der Waals surface area contributed by atoms with Crippen LogP contribution >= 0.6 is 0 Å². The maximum atomic E-state index is 13.9. The van der Waals surface area contributed by atoms with Crippen LogP contribution in [-0.4, -0.2) is 65.1 Å². The lowest BCUT2D eigenvalue weighted by Crippen LogP contribution is -2.59. The zero-order valence-corrected chi connectivity index (χ0v) is 21.9. The molecule has 5 N–H and O–H groups in total. The molecule has 0 bridgehead atoms. The molecule has 5 amide bonds. The number of urea groups is 1. The SMILES string of the molecule is CCCC(NC(=O)[C@@H]1CCCN1C(=O)[C@@H](NC(=O)NC(C)CC)C1Cc2ccccc2C1)C(=O)C(N)=O. The number of hydrogen-bond acceptors (Lipinski definition) is 5. The third-order valence-corrected chi connectivity index (χ3v) is 7.39. The highest BCUT2D eigenvalue weighted by Crippen LogP contribution is 2.31. The lowest BCUT2D eigenvalue weighted by molar-refractivity contribution is -0.142. The van der Waals surface area contributed by atoms with Gasteiger partial charge in [0.25, 0.3) is 5.91 Å². The van der Waals surface area contributed by atoms with Crippen molar-refractivity contribution in [1.29, 1.82) is 0 Å². The zero-order valence-electron chi connectivity index (χ0n) is 21.9. The quantitative estimate of drug-likeness (QED) is 0.328. The lowest BCUT2D eigenvalue weighted by Gasteiger charge is -2.32. The number of Topliss-reactive ketones (excluding diaryl/α,β-unsaturated/α-hetero) is 1. The van der Waals surface area contributed by atoms with E-state index in [-0.39, 0.29) is 24.3 Å². The smallest absolute Gasteiger partial charge is 0.315 e. The highest BCUT2D eigenvalue weighted by Gasteiger charge is 2.42. The van der Waals surface area contributed by atoms with E-state index in [0.29, 0.717) is 38.6 Å². The van der Waals surface area contributed by atoms with Crippen LogP contribution in [0.1, 0.15) is 64.0 Å². The van der Waals surface area contributed by atoms with Crippen molar-refractivity contribution in [2.24, 2.45) is 11.7 Å². The molecule has 0 saturated carbocycles. The predicted molar refractivity (Wildman–Crippen MR) is 138 cm³/mol. The molecular formula is C27H39N5O5. The highest BCUT2D eigenvalue weighted by atomic mass is 16.2. The number of nitrogens with two attached hydrogens (primary N) is 1. The molecule has 37 heavy (non-hydrogen) atoms.